The van der Waals surface area contributed by atoms with Crippen LogP contribution in [0.25, 0.3) is 11.4 Å². The molecule has 3 N–H and O–H groups in total. The molecule has 0 spiro atoms. The van der Waals surface area contributed by atoms with E-state index in [9.17, 15) is 4.79 Å². The summed E-state index contributed by atoms with van der Waals surface area (Å²) in [6.07, 6.45) is 3.99. The number of hydrogen-bond acceptors (Lipinski definition) is 5. The SMILES string of the molecule is O=C(Nc1ccc([C@@H]2C[C@H]2NCC2CC2)cc1)c1ccc(-c2nnn[nH]2)cc1. The number of nitrogens with zero attached hydrogens (tertiary/aromatic N) is 3. The second kappa shape index (κ2) is 7.16. The van der Waals surface area contributed by atoms with Crippen molar-refractivity contribution >= 4 is 11.6 Å². The van der Waals surface area contributed by atoms with Gasteiger partial charge in [-0.2, -0.15) is 0 Å². The minimum atomic E-state index is -0.134. The van der Waals surface area contributed by atoms with Crippen LogP contribution in [-0.4, -0.2) is 39.1 Å². The molecule has 7 nitrogen and oxygen atoms in total. The normalized spacial score (nSPS) is 20.7. The van der Waals surface area contributed by atoms with E-state index >= 15 is 0 Å². The molecule has 0 bridgehead atoms. The Morgan fingerprint density at radius 3 is 2.54 bits per heavy atom. The lowest BCUT2D eigenvalue weighted by Gasteiger charge is -2.08. The van der Waals surface area contributed by atoms with E-state index in [1.165, 1.54) is 31.4 Å². The number of nitrogens with one attached hydrogen (secondary N) is 3. The van der Waals surface area contributed by atoms with Gasteiger partial charge in [-0.1, -0.05) is 24.3 Å². The molecule has 3 aromatic rings. The number of tetrazole rings is 1. The molecule has 2 aromatic carbocycles. The molecule has 2 atom stereocenters. The van der Waals surface area contributed by atoms with Gasteiger partial charge in [-0.3, -0.25) is 4.79 Å². The van der Waals surface area contributed by atoms with Crippen LogP contribution in [0, 0.1) is 5.92 Å². The van der Waals surface area contributed by atoms with Crippen LogP contribution in [0.15, 0.2) is 48.5 Å². The van der Waals surface area contributed by atoms with Gasteiger partial charge in [0.2, 0.25) is 0 Å². The Morgan fingerprint density at radius 1 is 1.07 bits per heavy atom. The largest absolute Gasteiger partial charge is 0.322 e. The molecule has 2 fully saturated rings. The summed E-state index contributed by atoms with van der Waals surface area (Å²) in [5.74, 6) is 1.97. The van der Waals surface area contributed by atoms with Crippen LogP contribution >= 0.6 is 0 Å². The minimum Gasteiger partial charge on any atom is -0.322 e. The number of aromatic amines is 1. The van der Waals surface area contributed by atoms with Crippen molar-refractivity contribution in [1.82, 2.24) is 25.9 Å². The average Bonchev–Trinajstić information content (AvgIpc) is 3.64. The molecule has 1 aromatic heterocycles. The second-order valence-corrected chi connectivity index (χ2v) is 7.70. The molecule has 28 heavy (non-hydrogen) atoms. The predicted octanol–water partition coefficient (Wildman–Crippen LogP) is 2.97. The molecule has 0 radical (unpaired) electrons. The summed E-state index contributed by atoms with van der Waals surface area (Å²) < 4.78 is 0. The van der Waals surface area contributed by atoms with Crippen molar-refractivity contribution in [3.8, 4) is 11.4 Å². The van der Waals surface area contributed by atoms with Gasteiger partial charge in [0.15, 0.2) is 5.82 Å². The van der Waals surface area contributed by atoms with Gasteiger partial charge < -0.3 is 10.6 Å². The Hall–Kier alpha value is -3.06. The number of hydrogen-bond donors (Lipinski definition) is 3. The second-order valence-electron chi connectivity index (χ2n) is 7.70. The molecule has 2 aliphatic carbocycles. The highest BCUT2D eigenvalue weighted by Crippen LogP contribution is 2.41. The van der Waals surface area contributed by atoms with Gasteiger partial charge in [-0.15, -0.1) is 5.10 Å². The van der Waals surface area contributed by atoms with Gasteiger partial charge in [-0.25, -0.2) is 5.10 Å². The van der Waals surface area contributed by atoms with Crippen molar-refractivity contribution in [2.75, 3.05) is 11.9 Å². The molecular formula is C21H22N6O. The van der Waals surface area contributed by atoms with Gasteiger partial charge >= 0.3 is 0 Å². The third-order valence-electron chi connectivity index (χ3n) is 5.52. The number of carbonyl (C=O) groups is 1. The zero-order chi connectivity index (χ0) is 18.9. The highest BCUT2D eigenvalue weighted by atomic mass is 16.1. The number of rotatable bonds is 7. The predicted molar refractivity (Wildman–Crippen MR) is 106 cm³/mol. The molecule has 2 saturated carbocycles. The molecule has 0 aliphatic heterocycles. The number of H-pyrrole nitrogens is 1. The van der Waals surface area contributed by atoms with Crippen molar-refractivity contribution < 1.29 is 4.79 Å². The first-order valence-electron chi connectivity index (χ1n) is 9.75. The fourth-order valence-electron chi connectivity index (χ4n) is 3.51. The lowest BCUT2D eigenvalue weighted by molar-refractivity contribution is 0.102. The van der Waals surface area contributed by atoms with E-state index in [1.54, 1.807) is 12.1 Å². The monoisotopic (exact) mass is 374 g/mol. The van der Waals surface area contributed by atoms with Crippen LogP contribution in [-0.2, 0) is 0 Å². The number of amides is 1. The molecule has 0 saturated heterocycles. The van der Waals surface area contributed by atoms with E-state index in [0.29, 0.717) is 23.3 Å². The Kier molecular flexibility index (Phi) is 4.37. The lowest BCUT2D eigenvalue weighted by atomic mass is 10.1. The number of carbonyl (C=O) groups excluding carboxylic acids is 1. The topological polar surface area (TPSA) is 95.6 Å². The Bertz CT molecular complexity index is 948. The van der Waals surface area contributed by atoms with Gasteiger partial charge in [0.05, 0.1) is 0 Å². The van der Waals surface area contributed by atoms with E-state index in [-0.39, 0.29) is 5.91 Å². The van der Waals surface area contributed by atoms with Gasteiger partial charge in [0, 0.05) is 28.8 Å². The van der Waals surface area contributed by atoms with Crippen LogP contribution in [0.1, 0.15) is 41.1 Å². The Balaban J connectivity index is 1.17. The zero-order valence-corrected chi connectivity index (χ0v) is 15.4. The number of benzene rings is 2. The van der Waals surface area contributed by atoms with Crippen molar-refractivity contribution in [2.24, 2.45) is 5.92 Å². The standard InChI is InChI=1S/C21H22N6O/c28-21(16-5-3-15(4-6-16)20-24-26-27-25-20)23-17-9-7-14(8-10-17)18-11-19(18)22-12-13-1-2-13/h3-10,13,18-19,22H,1-2,11-12H2,(H,23,28)(H,24,25,26,27)/t18-,19+/m0/s1. The van der Waals surface area contributed by atoms with E-state index < -0.39 is 0 Å². The van der Waals surface area contributed by atoms with Crippen LogP contribution in [0.5, 0.6) is 0 Å². The Morgan fingerprint density at radius 2 is 1.86 bits per heavy atom. The summed E-state index contributed by atoms with van der Waals surface area (Å²) in [4.78, 5) is 12.5. The summed E-state index contributed by atoms with van der Waals surface area (Å²) >= 11 is 0. The van der Waals surface area contributed by atoms with E-state index in [1.807, 2.05) is 24.3 Å². The van der Waals surface area contributed by atoms with Crippen molar-refractivity contribution in [3.63, 3.8) is 0 Å². The van der Waals surface area contributed by atoms with Gasteiger partial charge in [-0.05, 0) is 72.0 Å². The van der Waals surface area contributed by atoms with Crippen molar-refractivity contribution in [3.05, 3.63) is 59.7 Å². The highest BCUT2D eigenvalue weighted by Gasteiger charge is 2.38. The first-order chi connectivity index (χ1) is 13.8. The quantitative estimate of drug-likeness (QED) is 0.591. The summed E-state index contributed by atoms with van der Waals surface area (Å²) in [7, 11) is 0. The smallest absolute Gasteiger partial charge is 0.255 e. The van der Waals surface area contributed by atoms with Gasteiger partial charge in [0.25, 0.3) is 5.91 Å². The lowest BCUT2D eigenvalue weighted by Crippen LogP contribution is -2.20. The maximum absolute atomic E-state index is 12.5. The van der Waals surface area contributed by atoms with Crippen LogP contribution in [0.4, 0.5) is 5.69 Å². The molecule has 0 unspecified atom stereocenters. The molecule has 7 heteroatoms. The average molecular weight is 374 g/mol. The minimum absolute atomic E-state index is 0.134. The molecule has 2 aliphatic rings. The fraction of sp³-hybridized carbons (Fsp3) is 0.333. The third-order valence-corrected chi connectivity index (χ3v) is 5.52. The highest BCUT2D eigenvalue weighted by molar-refractivity contribution is 6.04. The maximum atomic E-state index is 12.5. The Labute approximate surface area is 162 Å². The summed E-state index contributed by atoms with van der Waals surface area (Å²) in [5, 5.41) is 20.3. The third kappa shape index (κ3) is 3.80. The van der Waals surface area contributed by atoms with Gasteiger partial charge in [0.1, 0.15) is 0 Å². The maximum Gasteiger partial charge on any atom is 0.255 e. The summed E-state index contributed by atoms with van der Waals surface area (Å²) in [5.41, 5.74) is 3.57. The fourth-order valence-corrected chi connectivity index (χ4v) is 3.51. The molecule has 1 amide bonds. The first kappa shape index (κ1) is 17.1. The molecular weight excluding hydrogens is 352 g/mol. The van der Waals surface area contributed by atoms with Crippen LogP contribution < -0.4 is 10.6 Å². The zero-order valence-electron chi connectivity index (χ0n) is 15.4. The molecule has 1 heterocycles. The number of anilines is 1. The van der Waals surface area contributed by atoms with Crippen molar-refractivity contribution in [2.45, 2.75) is 31.2 Å². The first-order valence-corrected chi connectivity index (χ1v) is 9.75. The number of aromatic nitrogens is 4. The molecule has 142 valence electrons. The van der Waals surface area contributed by atoms with E-state index in [0.717, 1.165) is 17.2 Å². The summed E-state index contributed by atoms with van der Waals surface area (Å²) in [6, 6.07) is 16.0. The van der Waals surface area contributed by atoms with Crippen molar-refractivity contribution in [1.29, 1.82) is 0 Å². The summed E-state index contributed by atoms with van der Waals surface area (Å²) in [6.45, 7) is 1.17. The van der Waals surface area contributed by atoms with Crippen LogP contribution in [0.2, 0.25) is 0 Å². The molecule has 5 rings (SSSR count). The van der Waals surface area contributed by atoms with E-state index in [4.69, 9.17) is 0 Å². The van der Waals surface area contributed by atoms with E-state index in [2.05, 4.69) is 43.4 Å². The van der Waals surface area contributed by atoms with Crippen LogP contribution in [0.3, 0.4) is 0 Å².